The van der Waals surface area contributed by atoms with E-state index < -0.39 is 0 Å². The Morgan fingerprint density at radius 1 is 1.08 bits per heavy atom. The highest BCUT2D eigenvalue weighted by molar-refractivity contribution is 7.99. The second-order valence-corrected chi connectivity index (χ2v) is 6.66. The maximum absolute atomic E-state index is 12.4. The lowest BCUT2D eigenvalue weighted by molar-refractivity contribution is 0.0916. The Hall–Kier alpha value is -2.11. The van der Waals surface area contributed by atoms with Gasteiger partial charge >= 0.3 is 0 Å². The number of Topliss-reactive ketones (excluding diaryl/α,β-unsaturated/α-hetero) is 2. The molecule has 0 amide bonds. The smallest absolute Gasteiger partial charge is 0.163 e. The zero-order chi connectivity index (χ0) is 16.9. The third kappa shape index (κ3) is 3.68. The number of aliphatic hydroxyl groups excluding tert-OH is 1. The number of thioether (sulfide) groups is 1. The van der Waals surface area contributed by atoms with Gasteiger partial charge in [-0.15, -0.1) is 11.8 Å². The van der Waals surface area contributed by atoms with Crippen LogP contribution in [0.2, 0.25) is 0 Å². The molecule has 0 aromatic heterocycles. The van der Waals surface area contributed by atoms with Crippen LogP contribution in [0.5, 0.6) is 5.75 Å². The number of rotatable bonds is 6. The second kappa shape index (κ2) is 7.64. The van der Waals surface area contributed by atoms with E-state index in [1.165, 1.54) is 0 Å². The van der Waals surface area contributed by atoms with Crippen LogP contribution >= 0.6 is 11.8 Å². The summed E-state index contributed by atoms with van der Waals surface area (Å²) in [5, 5.41) is 9.30. The molecule has 0 radical (unpaired) electrons. The minimum absolute atomic E-state index is 0.0567. The van der Waals surface area contributed by atoms with Gasteiger partial charge in [0.25, 0.3) is 0 Å². The lowest BCUT2D eigenvalue weighted by Gasteiger charge is -2.17. The average molecular weight is 342 g/mol. The summed E-state index contributed by atoms with van der Waals surface area (Å²) in [4.78, 5) is 25.7. The first-order valence-electron chi connectivity index (χ1n) is 7.84. The van der Waals surface area contributed by atoms with Gasteiger partial charge in [0.1, 0.15) is 5.75 Å². The molecule has 0 saturated carbocycles. The van der Waals surface area contributed by atoms with Crippen LogP contribution in [0.3, 0.4) is 0 Å². The highest BCUT2D eigenvalue weighted by atomic mass is 32.2. The molecule has 0 fully saturated rings. The quantitative estimate of drug-likeness (QED) is 0.814. The zero-order valence-corrected chi connectivity index (χ0v) is 14.0. The van der Waals surface area contributed by atoms with Gasteiger partial charge in [0, 0.05) is 29.7 Å². The van der Waals surface area contributed by atoms with Gasteiger partial charge in [-0.1, -0.05) is 24.3 Å². The summed E-state index contributed by atoms with van der Waals surface area (Å²) in [5.74, 6) is 1.51. The predicted molar refractivity (Wildman–Crippen MR) is 92.9 cm³/mol. The summed E-state index contributed by atoms with van der Waals surface area (Å²) in [6, 6.07) is 12.3. The van der Waals surface area contributed by atoms with Crippen molar-refractivity contribution in [1.82, 2.24) is 0 Å². The Morgan fingerprint density at radius 2 is 1.88 bits per heavy atom. The van der Waals surface area contributed by atoms with Crippen LogP contribution in [0.15, 0.2) is 47.4 Å². The van der Waals surface area contributed by atoms with Crippen LogP contribution in [0.25, 0.3) is 0 Å². The molecule has 1 N–H and O–H groups in total. The van der Waals surface area contributed by atoms with E-state index >= 15 is 0 Å². The fourth-order valence-electron chi connectivity index (χ4n) is 2.65. The molecule has 24 heavy (non-hydrogen) atoms. The minimum Gasteiger partial charge on any atom is -0.492 e. The highest BCUT2D eigenvalue weighted by Crippen LogP contribution is 2.34. The molecule has 3 rings (SSSR count). The number of ether oxygens (including phenoxy) is 1. The monoisotopic (exact) mass is 342 g/mol. The molecule has 0 saturated heterocycles. The molecular weight excluding hydrogens is 324 g/mol. The van der Waals surface area contributed by atoms with Gasteiger partial charge in [0.05, 0.1) is 18.1 Å². The number of carbonyl (C=O) groups excluding carboxylic acids is 2. The van der Waals surface area contributed by atoms with Gasteiger partial charge < -0.3 is 9.84 Å². The van der Waals surface area contributed by atoms with Crippen LogP contribution in [0.1, 0.15) is 39.1 Å². The van der Waals surface area contributed by atoms with Gasteiger partial charge in [-0.2, -0.15) is 0 Å². The number of hydrogen-bond acceptors (Lipinski definition) is 5. The van der Waals surface area contributed by atoms with Crippen LogP contribution in [-0.4, -0.2) is 29.0 Å². The number of hydrogen-bond donors (Lipinski definition) is 1. The van der Waals surface area contributed by atoms with Crippen LogP contribution < -0.4 is 4.74 Å². The van der Waals surface area contributed by atoms with E-state index in [4.69, 9.17) is 4.74 Å². The van der Waals surface area contributed by atoms with Gasteiger partial charge in [-0.3, -0.25) is 9.59 Å². The summed E-state index contributed by atoms with van der Waals surface area (Å²) < 4.78 is 5.53. The van der Waals surface area contributed by atoms with Crippen molar-refractivity contribution in [3.63, 3.8) is 0 Å². The Morgan fingerprint density at radius 3 is 2.71 bits per heavy atom. The van der Waals surface area contributed by atoms with Crippen molar-refractivity contribution in [2.45, 2.75) is 24.3 Å². The fourth-order valence-corrected chi connectivity index (χ4v) is 3.52. The number of ketones is 2. The van der Waals surface area contributed by atoms with Crippen molar-refractivity contribution < 1.29 is 19.4 Å². The molecule has 5 heteroatoms. The summed E-state index contributed by atoms with van der Waals surface area (Å²) in [6.07, 6.45) is 0.291. The molecule has 0 spiro atoms. The van der Waals surface area contributed by atoms with E-state index in [1.807, 2.05) is 12.1 Å². The minimum atomic E-state index is -0.183. The third-order valence-electron chi connectivity index (χ3n) is 3.93. The molecule has 0 aliphatic carbocycles. The first-order valence-corrected chi connectivity index (χ1v) is 8.82. The number of carbonyl (C=O) groups is 2. The number of benzene rings is 2. The molecule has 0 bridgehead atoms. The van der Waals surface area contributed by atoms with E-state index in [0.717, 1.165) is 16.4 Å². The largest absolute Gasteiger partial charge is 0.492 e. The SMILES string of the molecule is O=C(CCC(=O)c1ccccc1CO)c1ccc2c(c1)SCCO2. The summed E-state index contributed by atoms with van der Waals surface area (Å²) in [6.45, 7) is 0.502. The maximum atomic E-state index is 12.4. The molecule has 0 unspecified atom stereocenters. The molecule has 2 aromatic carbocycles. The molecule has 1 aliphatic heterocycles. The van der Waals surface area contributed by atoms with E-state index in [1.54, 1.807) is 42.1 Å². The van der Waals surface area contributed by atoms with Crippen molar-refractivity contribution in [2.24, 2.45) is 0 Å². The van der Waals surface area contributed by atoms with E-state index in [0.29, 0.717) is 23.3 Å². The van der Waals surface area contributed by atoms with Gasteiger partial charge in [-0.05, 0) is 23.8 Å². The van der Waals surface area contributed by atoms with Gasteiger partial charge in [-0.25, -0.2) is 0 Å². The lowest BCUT2D eigenvalue weighted by Crippen LogP contribution is -2.09. The van der Waals surface area contributed by atoms with E-state index in [-0.39, 0.29) is 31.0 Å². The van der Waals surface area contributed by atoms with Crippen molar-refractivity contribution in [2.75, 3.05) is 12.4 Å². The Balaban J connectivity index is 1.66. The Labute approximate surface area is 144 Å². The summed E-state index contributed by atoms with van der Waals surface area (Å²) in [5.41, 5.74) is 1.69. The lowest BCUT2D eigenvalue weighted by atomic mass is 9.98. The molecule has 4 nitrogen and oxygen atoms in total. The van der Waals surface area contributed by atoms with Gasteiger partial charge in [0.2, 0.25) is 0 Å². The molecular formula is C19H18O4S. The summed E-state index contributed by atoms with van der Waals surface area (Å²) in [7, 11) is 0. The van der Waals surface area contributed by atoms with E-state index in [2.05, 4.69) is 0 Å². The van der Waals surface area contributed by atoms with Crippen molar-refractivity contribution >= 4 is 23.3 Å². The first-order chi connectivity index (χ1) is 11.7. The highest BCUT2D eigenvalue weighted by Gasteiger charge is 2.16. The second-order valence-electron chi connectivity index (χ2n) is 5.52. The third-order valence-corrected chi connectivity index (χ3v) is 4.93. The topological polar surface area (TPSA) is 63.6 Å². The van der Waals surface area contributed by atoms with Crippen LogP contribution in [0, 0.1) is 0 Å². The fraction of sp³-hybridized carbons (Fsp3) is 0.263. The predicted octanol–water partition coefficient (Wildman–Crippen LogP) is 3.51. The van der Waals surface area contributed by atoms with Crippen LogP contribution in [-0.2, 0) is 6.61 Å². The summed E-state index contributed by atoms with van der Waals surface area (Å²) >= 11 is 1.67. The van der Waals surface area contributed by atoms with Crippen LogP contribution in [0.4, 0.5) is 0 Å². The average Bonchev–Trinajstić information content (AvgIpc) is 2.65. The molecule has 124 valence electrons. The Kier molecular flexibility index (Phi) is 5.33. The molecule has 2 aromatic rings. The zero-order valence-electron chi connectivity index (χ0n) is 13.2. The Bertz CT molecular complexity index is 770. The molecule has 0 atom stereocenters. The van der Waals surface area contributed by atoms with Crippen molar-refractivity contribution in [3.8, 4) is 5.75 Å². The first kappa shape index (κ1) is 16.7. The van der Waals surface area contributed by atoms with E-state index in [9.17, 15) is 14.7 Å². The normalized spacial score (nSPS) is 13.0. The standard InChI is InChI=1S/C19H18O4S/c20-12-14-3-1-2-4-15(14)17(22)7-6-16(21)13-5-8-18-19(11-13)24-10-9-23-18/h1-5,8,11,20H,6-7,9-10,12H2. The number of fused-ring (bicyclic) bond motifs is 1. The molecule has 1 aliphatic rings. The van der Waals surface area contributed by atoms with Gasteiger partial charge in [0.15, 0.2) is 11.6 Å². The molecule has 1 heterocycles. The number of aliphatic hydroxyl groups is 1. The van der Waals surface area contributed by atoms with Crippen molar-refractivity contribution in [1.29, 1.82) is 0 Å². The van der Waals surface area contributed by atoms with Crippen molar-refractivity contribution in [3.05, 3.63) is 59.2 Å². The maximum Gasteiger partial charge on any atom is 0.163 e.